The second kappa shape index (κ2) is 4.82. The van der Waals surface area contributed by atoms with E-state index >= 15 is 0 Å². The predicted molar refractivity (Wildman–Crippen MR) is 73.1 cm³/mol. The molecular weight excluding hydrogens is 268 g/mol. The Labute approximate surface area is 111 Å². The van der Waals surface area contributed by atoms with Gasteiger partial charge in [-0.05, 0) is 6.42 Å². The minimum absolute atomic E-state index is 0.265. The van der Waals surface area contributed by atoms with Gasteiger partial charge in [0, 0.05) is 20.1 Å². The third-order valence-corrected chi connectivity index (χ3v) is 3.58. The molecule has 0 spiro atoms. The second-order valence-electron chi connectivity index (χ2n) is 4.38. The second-order valence-corrected chi connectivity index (χ2v) is 6.22. The van der Waals surface area contributed by atoms with Crippen molar-refractivity contribution in [2.24, 2.45) is 7.05 Å². The number of fused-ring (bicyclic) bond motifs is 1. The van der Waals surface area contributed by atoms with Gasteiger partial charge >= 0.3 is 0 Å². The Morgan fingerprint density at radius 3 is 2.68 bits per heavy atom. The molecule has 2 aromatic heterocycles. The Balaban J connectivity index is 2.32. The van der Waals surface area contributed by atoms with Crippen molar-refractivity contribution >= 4 is 27.1 Å². The predicted octanol–water partition coefficient (Wildman–Crippen LogP) is -0.536. The van der Waals surface area contributed by atoms with E-state index in [-0.39, 0.29) is 6.54 Å². The quantitative estimate of drug-likeness (QED) is 0.767. The van der Waals surface area contributed by atoms with Gasteiger partial charge in [-0.2, -0.15) is 5.10 Å². The van der Waals surface area contributed by atoms with Gasteiger partial charge in [0.25, 0.3) is 0 Å². The van der Waals surface area contributed by atoms with Crippen LogP contribution in [0.3, 0.4) is 0 Å². The molecule has 0 saturated carbocycles. The molecule has 0 unspecified atom stereocenters. The molecule has 0 radical (unpaired) electrons. The lowest BCUT2D eigenvalue weighted by Crippen LogP contribution is -2.26. The zero-order valence-electron chi connectivity index (χ0n) is 11.2. The highest BCUT2D eigenvalue weighted by molar-refractivity contribution is 7.88. The van der Waals surface area contributed by atoms with Gasteiger partial charge in [-0.3, -0.25) is 9.25 Å². The van der Waals surface area contributed by atoms with Crippen LogP contribution in [0.1, 0.15) is 12.6 Å². The van der Waals surface area contributed by atoms with Crippen LogP contribution in [-0.2, 0) is 30.0 Å². The van der Waals surface area contributed by atoms with Crippen molar-refractivity contribution in [1.82, 2.24) is 24.1 Å². The van der Waals surface area contributed by atoms with E-state index in [9.17, 15) is 8.42 Å². The van der Waals surface area contributed by atoms with Crippen molar-refractivity contribution in [3.05, 3.63) is 5.69 Å². The summed E-state index contributed by atoms with van der Waals surface area (Å²) >= 11 is 0. The highest BCUT2D eigenvalue weighted by Gasteiger charge is 2.16. The summed E-state index contributed by atoms with van der Waals surface area (Å²) < 4.78 is 28.0. The van der Waals surface area contributed by atoms with Gasteiger partial charge in [0.15, 0.2) is 5.65 Å². The van der Waals surface area contributed by atoms with Crippen molar-refractivity contribution in [2.75, 3.05) is 18.5 Å². The highest BCUT2D eigenvalue weighted by Crippen LogP contribution is 2.20. The SMILES string of the molecule is CCc1nn(C)c2c1nc(N)n2CCNS(C)(=O)=O. The number of aromatic nitrogens is 4. The Kier molecular flexibility index (Phi) is 3.50. The third-order valence-electron chi connectivity index (χ3n) is 2.86. The van der Waals surface area contributed by atoms with E-state index < -0.39 is 10.0 Å². The molecule has 19 heavy (non-hydrogen) atoms. The molecule has 8 nitrogen and oxygen atoms in total. The van der Waals surface area contributed by atoms with Gasteiger partial charge in [-0.25, -0.2) is 18.1 Å². The first-order chi connectivity index (χ1) is 8.83. The molecule has 2 aromatic rings. The van der Waals surface area contributed by atoms with Crippen LogP contribution in [-0.4, -0.2) is 40.5 Å². The Morgan fingerprint density at radius 2 is 2.11 bits per heavy atom. The summed E-state index contributed by atoms with van der Waals surface area (Å²) in [5.74, 6) is 0.369. The van der Waals surface area contributed by atoms with Gasteiger partial charge in [0.2, 0.25) is 16.0 Å². The molecule has 0 aliphatic rings. The average molecular weight is 286 g/mol. The van der Waals surface area contributed by atoms with E-state index in [1.54, 1.807) is 9.25 Å². The maximum absolute atomic E-state index is 11.0. The lowest BCUT2D eigenvalue weighted by atomic mass is 10.3. The highest BCUT2D eigenvalue weighted by atomic mass is 32.2. The number of hydrogen-bond acceptors (Lipinski definition) is 5. The molecule has 0 aliphatic carbocycles. The van der Waals surface area contributed by atoms with Crippen LogP contribution in [0.5, 0.6) is 0 Å². The van der Waals surface area contributed by atoms with Crippen LogP contribution in [0, 0.1) is 0 Å². The van der Waals surface area contributed by atoms with E-state index in [2.05, 4.69) is 14.8 Å². The molecule has 0 fully saturated rings. The number of hydrogen-bond donors (Lipinski definition) is 2. The molecule has 0 atom stereocenters. The summed E-state index contributed by atoms with van der Waals surface area (Å²) in [4.78, 5) is 4.30. The van der Waals surface area contributed by atoms with Crippen LogP contribution in [0.25, 0.3) is 11.2 Å². The summed E-state index contributed by atoms with van der Waals surface area (Å²) in [7, 11) is -1.38. The lowest BCUT2D eigenvalue weighted by Gasteiger charge is -2.07. The lowest BCUT2D eigenvalue weighted by molar-refractivity contribution is 0.579. The number of nitrogen functional groups attached to an aromatic ring is 1. The number of anilines is 1. The first-order valence-electron chi connectivity index (χ1n) is 5.95. The van der Waals surface area contributed by atoms with Gasteiger partial charge in [-0.15, -0.1) is 0 Å². The van der Waals surface area contributed by atoms with Crippen LogP contribution in [0.2, 0.25) is 0 Å². The van der Waals surface area contributed by atoms with Gasteiger partial charge < -0.3 is 5.73 Å². The molecule has 2 rings (SSSR count). The molecule has 0 amide bonds. The average Bonchev–Trinajstić information content (AvgIpc) is 2.76. The molecule has 2 heterocycles. The van der Waals surface area contributed by atoms with E-state index in [1.807, 2.05) is 14.0 Å². The molecule has 0 bridgehead atoms. The first-order valence-corrected chi connectivity index (χ1v) is 7.85. The number of nitrogens with one attached hydrogen (secondary N) is 1. The van der Waals surface area contributed by atoms with Crippen LogP contribution in [0.4, 0.5) is 5.95 Å². The molecule has 0 saturated heterocycles. The summed E-state index contributed by atoms with van der Waals surface area (Å²) in [5, 5.41) is 4.37. The third kappa shape index (κ3) is 2.71. The standard InChI is InChI=1S/C10H18N6O2S/c1-4-7-8-9(15(2)14-7)16(10(11)13-8)6-5-12-19(3,17)18/h12H,4-6H2,1-3H3,(H2,11,13). The minimum atomic E-state index is -3.20. The van der Waals surface area contributed by atoms with Gasteiger partial charge in [-0.1, -0.05) is 6.92 Å². The van der Waals surface area contributed by atoms with Gasteiger partial charge in [0.05, 0.1) is 11.9 Å². The molecular formula is C10H18N6O2S. The molecule has 0 aromatic carbocycles. The van der Waals surface area contributed by atoms with E-state index in [4.69, 9.17) is 5.73 Å². The zero-order valence-corrected chi connectivity index (χ0v) is 12.0. The number of rotatable bonds is 5. The summed E-state index contributed by atoms with van der Waals surface area (Å²) in [6, 6.07) is 0. The van der Waals surface area contributed by atoms with Crippen molar-refractivity contribution in [1.29, 1.82) is 0 Å². The number of sulfonamides is 1. The fourth-order valence-electron chi connectivity index (χ4n) is 2.06. The number of imidazole rings is 1. The summed E-state index contributed by atoms with van der Waals surface area (Å²) in [6.07, 6.45) is 1.90. The first kappa shape index (κ1) is 13.8. The van der Waals surface area contributed by atoms with E-state index in [0.29, 0.717) is 12.5 Å². The van der Waals surface area contributed by atoms with Crippen molar-refractivity contribution < 1.29 is 8.42 Å². The van der Waals surface area contributed by atoms with Crippen LogP contribution in [0.15, 0.2) is 0 Å². The fraction of sp³-hybridized carbons (Fsp3) is 0.600. The molecule has 0 aliphatic heterocycles. The van der Waals surface area contributed by atoms with Crippen LogP contribution < -0.4 is 10.5 Å². The Bertz CT molecular complexity index is 699. The minimum Gasteiger partial charge on any atom is -0.369 e. The van der Waals surface area contributed by atoms with E-state index in [1.165, 1.54) is 0 Å². The smallest absolute Gasteiger partial charge is 0.208 e. The zero-order chi connectivity index (χ0) is 14.2. The van der Waals surface area contributed by atoms with E-state index in [0.717, 1.165) is 29.5 Å². The van der Waals surface area contributed by atoms with Crippen molar-refractivity contribution in [3.8, 4) is 0 Å². The largest absolute Gasteiger partial charge is 0.369 e. The molecule has 106 valence electrons. The van der Waals surface area contributed by atoms with Crippen molar-refractivity contribution in [3.63, 3.8) is 0 Å². The normalized spacial score (nSPS) is 12.4. The van der Waals surface area contributed by atoms with Gasteiger partial charge in [0.1, 0.15) is 5.52 Å². The number of aryl methyl sites for hydroxylation is 2. The van der Waals surface area contributed by atoms with Crippen LogP contribution >= 0.6 is 0 Å². The summed E-state index contributed by atoms with van der Waals surface area (Å²) in [6.45, 7) is 2.68. The topological polar surface area (TPSA) is 108 Å². The number of nitrogens with zero attached hydrogens (tertiary/aromatic N) is 4. The number of nitrogens with two attached hydrogens (primary N) is 1. The summed E-state index contributed by atoms with van der Waals surface area (Å²) in [5.41, 5.74) is 8.35. The maximum atomic E-state index is 11.0. The fourth-order valence-corrected chi connectivity index (χ4v) is 2.52. The Morgan fingerprint density at radius 1 is 1.42 bits per heavy atom. The Hall–Kier alpha value is -1.61. The monoisotopic (exact) mass is 286 g/mol. The molecule has 9 heteroatoms. The van der Waals surface area contributed by atoms with Crippen molar-refractivity contribution in [2.45, 2.75) is 19.9 Å². The maximum Gasteiger partial charge on any atom is 0.208 e. The molecule has 3 N–H and O–H groups in total.